The van der Waals surface area contributed by atoms with Gasteiger partial charge in [0.25, 0.3) is 29.5 Å². The molecule has 0 spiro atoms. The van der Waals surface area contributed by atoms with Crippen LogP contribution in [0.1, 0.15) is 75.5 Å². The smallest absolute Gasteiger partial charge is 0.291 e. The molecule has 0 aliphatic carbocycles. The highest BCUT2D eigenvalue weighted by Gasteiger charge is 2.38. The summed E-state index contributed by atoms with van der Waals surface area (Å²) in [5.74, 6) is -2.84. The summed E-state index contributed by atoms with van der Waals surface area (Å²) < 4.78 is 55.4. The number of nitrogens with one attached hydrogen (secondary N) is 8. The Balaban J connectivity index is 0.723. The van der Waals surface area contributed by atoms with Crippen LogP contribution in [0.25, 0.3) is 0 Å². The second-order valence-electron chi connectivity index (χ2n) is 22.9. The number of amides is 8. The molecule has 35 heteroatoms. The molecule has 1 aromatic carbocycles. The highest BCUT2D eigenvalue weighted by Crippen LogP contribution is 2.31. The maximum absolute atomic E-state index is 13.6. The Kier molecular flexibility index (Phi) is 32.4. The number of phenols is 1. The van der Waals surface area contributed by atoms with E-state index in [4.69, 9.17) is 48.4 Å². The molecule has 6 rings (SSSR count). The number of hydrogen-bond acceptors (Lipinski definition) is 23. The number of likely N-dealkylation sites (N-methyl/N-ethyl adjacent to an activating group) is 1. The van der Waals surface area contributed by atoms with Crippen molar-refractivity contribution in [3.05, 3.63) is 90.2 Å². The molecule has 1 atom stereocenters. The molecule has 1 unspecified atom stereocenters. The second kappa shape index (κ2) is 40.9. The number of carbonyl (C=O) groups excluding carboxylic acids is 8. The Morgan fingerprint density at radius 2 is 1.00 bits per heavy atom. The number of hydrogen-bond donors (Lipinski definition) is 10. The fourth-order valence-corrected chi connectivity index (χ4v) is 9.37. The predicted molar refractivity (Wildman–Crippen MR) is 355 cm³/mol. The largest absolute Gasteiger partial charge is 0.504 e. The summed E-state index contributed by atoms with van der Waals surface area (Å²) >= 11 is 0. The van der Waals surface area contributed by atoms with E-state index in [1.54, 1.807) is 79.9 Å². The highest BCUT2D eigenvalue weighted by molar-refractivity contribution is 6.03. The zero-order valence-corrected chi connectivity index (χ0v) is 56.6. The average Bonchev–Trinajstić information content (AvgIpc) is 0.835. The van der Waals surface area contributed by atoms with Gasteiger partial charge in [0, 0.05) is 135 Å². The summed E-state index contributed by atoms with van der Waals surface area (Å²) in [5, 5.41) is 31.6. The maximum atomic E-state index is 13.6. The van der Waals surface area contributed by atoms with E-state index in [-0.39, 0.29) is 112 Å². The molecule has 538 valence electrons. The maximum Gasteiger partial charge on any atom is 0.291 e. The number of carbonyl (C=O) groups is 8. The molecule has 11 N–H and O–H groups in total. The average molecular weight is 1380 g/mol. The lowest BCUT2D eigenvalue weighted by Gasteiger charge is -2.41. The number of benzene rings is 1. The van der Waals surface area contributed by atoms with E-state index in [9.17, 15) is 43.5 Å². The van der Waals surface area contributed by atoms with Crippen molar-refractivity contribution in [3.63, 3.8) is 0 Å². The molecule has 1 aliphatic rings. The molecule has 0 fully saturated rings. The van der Waals surface area contributed by atoms with E-state index < -0.39 is 52.8 Å². The number of aryl methyl sites for hydroxylation is 4. The fraction of sp³-hybridized carbons (Fsp3) is 0.540. The van der Waals surface area contributed by atoms with Crippen molar-refractivity contribution >= 4 is 70.3 Å². The zero-order valence-electron chi connectivity index (χ0n) is 56.6. The molecule has 0 saturated heterocycles. The van der Waals surface area contributed by atoms with E-state index in [1.807, 2.05) is 13.8 Å². The molecule has 0 bridgehead atoms. The Morgan fingerprint density at radius 3 is 1.51 bits per heavy atom. The van der Waals surface area contributed by atoms with Crippen molar-refractivity contribution < 1.29 is 86.1 Å². The lowest BCUT2D eigenvalue weighted by atomic mass is 9.80. The normalized spacial score (nSPS) is 13.3. The molecule has 0 radical (unpaired) electrons. The van der Waals surface area contributed by atoms with Crippen molar-refractivity contribution in [2.24, 2.45) is 33.6 Å². The van der Waals surface area contributed by atoms with Crippen LogP contribution in [0.4, 0.5) is 23.0 Å². The number of aromatic hydroxyl groups is 1. The number of anilines is 4. The van der Waals surface area contributed by atoms with Crippen LogP contribution in [0.15, 0.2) is 67.0 Å². The Bertz CT molecular complexity index is 3430. The molecule has 5 aromatic rings. The summed E-state index contributed by atoms with van der Waals surface area (Å²) in [6, 6.07) is 5.70. The third kappa shape index (κ3) is 26.8. The van der Waals surface area contributed by atoms with Gasteiger partial charge in [0.1, 0.15) is 12.3 Å². The first-order valence-electron chi connectivity index (χ1n) is 31.9. The molecule has 35 nitrogen and oxygen atoms in total. The van der Waals surface area contributed by atoms with E-state index in [1.165, 1.54) is 39.9 Å². The van der Waals surface area contributed by atoms with Gasteiger partial charge in [-0.05, 0) is 24.3 Å². The molecule has 5 heterocycles. The van der Waals surface area contributed by atoms with Crippen LogP contribution in [0.3, 0.4) is 0 Å². The topological polar surface area (TPSA) is 424 Å². The first-order valence-corrected chi connectivity index (χ1v) is 31.9. The number of rotatable bonds is 46. The van der Waals surface area contributed by atoms with Crippen LogP contribution in [-0.4, -0.2) is 249 Å². The van der Waals surface area contributed by atoms with Gasteiger partial charge >= 0.3 is 0 Å². The summed E-state index contributed by atoms with van der Waals surface area (Å²) in [4.78, 5) is 118. The Hall–Kier alpha value is -9.49. The van der Waals surface area contributed by atoms with Crippen LogP contribution in [0.2, 0.25) is 0 Å². The molecule has 98 heavy (non-hydrogen) atoms. The van der Waals surface area contributed by atoms with Gasteiger partial charge in [-0.15, -0.1) is 0 Å². The van der Waals surface area contributed by atoms with Gasteiger partial charge < -0.3 is 119 Å². The van der Waals surface area contributed by atoms with Crippen molar-refractivity contribution in [3.8, 4) is 11.5 Å². The van der Waals surface area contributed by atoms with Crippen LogP contribution in [0.5, 0.6) is 11.5 Å². The minimum Gasteiger partial charge on any atom is -0.504 e. The van der Waals surface area contributed by atoms with E-state index in [0.29, 0.717) is 122 Å². The highest BCUT2D eigenvalue weighted by atomic mass is 16.6. The lowest BCUT2D eigenvalue weighted by Crippen LogP contribution is -2.55. The van der Waals surface area contributed by atoms with Crippen LogP contribution >= 0.6 is 0 Å². The van der Waals surface area contributed by atoms with Crippen molar-refractivity contribution in [1.82, 2.24) is 64.7 Å². The number of nitrogens with two attached hydrogens (primary N) is 1. The van der Waals surface area contributed by atoms with Crippen molar-refractivity contribution in [2.75, 3.05) is 174 Å². The Labute approximate surface area is 567 Å². The van der Waals surface area contributed by atoms with E-state index >= 15 is 0 Å². The predicted octanol–water partition coefficient (Wildman–Crippen LogP) is 0.0711. The summed E-state index contributed by atoms with van der Waals surface area (Å²) in [6.45, 7) is 10.8. The van der Waals surface area contributed by atoms with Gasteiger partial charge in [-0.3, -0.25) is 38.4 Å². The van der Waals surface area contributed by atoms with Crippen LogP contribution in [0, 0.1) is 5.41 Å². The lowest BCUT2D eigenvalue weighted by molar-refractivity contribution is -0.121. The minimum atomic E-state index is -0.726. The van der Waals surface area contributed by atoms with Gasteiger partial charge in [-0.1, -0.05) is 13.8 Å². The number of aromatic nitrogens is 7. The van der Waals surface area contributed by atoms with Crippen molar-refractivity contribution in [1.29, 1.82) is 0 Å². The summed E-state index contributed by atoms with van der Waals surface area (Å²) in [7, 11) is 8.22. The van der Waals surface area contributed by atoms with Gasteiger partial charge in [-0.2, -0.15) is 0 Å². The molecule has 0 saturated carbocycles. The van der Waals surface area contributed by atoms with E-state index in [2.05, 4.69) is 57.5 Å². The quantitative estimate of drug-likeness (QED) is 0.0182. The third-order valence-electron chi connectivity index (χ3n) is 14.6. The number of phenolic OH excluding ortho intramolecular Hbond substituents is 1. The minimum absolute atomic E-state index is 0.00241. The number of nitrogens with zero attached hydrogens (tertiary/aromatic N) is 8. The third-order valence-corrected chi connectivity index (χ3v) is 14.6. The summed E-state index contributed by atoms with van der Waals surface area (Å²) in [5.41, 5.74) is 6.31. The van der Waals surface area contributed by atoms with Gasteiger partial charge in [-0.25, -0.2) is 15.0 Å². The monoisotopic (exact) mass is 1380 g/mol. The molecule has 4 aromatic heterocycles. The van der Waals surface area contributed by atoms with Crippen LogP contribution in [-0.2, 0) is 85.3 Å². The SMILES string of the molecule is CN1CC(NC(=O)c2nc(NC(=O)CCNC(=O)c3cc(NC(=O)c4nccn4C)cn3C)cn2C)C(C)(C)C=C1C(=O)NCCC(=O)Nc1cn(C)c(C(=O)NCCC(=O)NCCOCCOCCOCCOCCOCCOCCOCCOCCOc2ccc(N)cc2O)n1. The molecular weight excluding hydrogens is 1280 g/mol. The first kappa shape index (κ1) is 77.5. The summed E-state index contributed by atoms with van der Waals surface area (Å²) in [6.07, 6.45) is 9.19. The number of ether oxygens (including phenoxy) is 9. The standard InChI is InChI=1S/C63H93N17O18/c1-63(2)38-46(78(5)40-49(63)71-62(89)57-75-51(42-80(57)7)73-53(83)11-14-67-58(85)45-37-44(39-77(45)4)70-61(88)55-66-16-18-76(55)3)59(86)68-15-12-54(84)72-50-41-79(6)56(74-50)60(87)69-13-10-52(82)65-17-19-90-20-21-91-22-23-92-24-25-93-26-27-94-28-29-95-30-31-96-32-33-97-34-35-98-48-9-8-43(64)36-47(48)81/h8-9,16,18,36-39,41-42,49,81H,10-15,17,19-35,40,64H2,1-7H3,(H,65,82)(H,67,85)(H,68,86)(H,69,87)(H,70,88)(H,71,89)(H,72,84)(H,73,83). The number of nitrogen functional groups attached to an aromatic ring is 1. The van der Waals surface area contributed by atoms with Crippen LogP contribution < -0.4 is 53.0 Å². The molecular formula is C63H93N17O18. The van der Waals surface area contributed by atoms with Crippen molar-refractivity contribution in [2.45, 2.75) is 39.2 Å². The molecule has 8 amide bonds. The molecule has 1 aliphatic heterocycles. The van der Waals surface area contributed by atoms with Gasteiger partial charge in [0.05, 0.1) is 123 Å². The van der Waals surface area contributed by atoms with Gasteiger partial charge in [0.2, 0.25) is 29.4 Å². The fourth-order valence-electron chi connectivity index (χ4n) is 9.37. The van der Waals surface area contributed by atoms with Gasteiger partial charge in [0.15, 0.2) is 29.0 Å². The first-order chi connectivity index (χ1) is 47.1. The van der Waals surface area contributed by atoms with E-state index in [0.717, 1.165) is 0 Å². The zero-order chi connectivity index (χ0) is 70.8. The number of imidazole rings is 3. The second-order valence-corrected chi connectivity index (χ2v) is 22.9. The Morgan fingerprint density at radius 1 is 0.520 bits per heavy atom.